The summed E-state index contributed by atoms with van der Waals surface area (Å²) in [6, 6.07) is 6.24. The molecule has 1 nitrogen and oxygen atoms in total. The minimum atomic E-state index is 0.685. The summed E-state index contributed by atoms with van der Waals surface area (Å²) in [5, 5.41) is 0. The number of rotatable bonds is 4. The summed E-state index contributed by atoms with van der Waals surface area (Å²) in [6.07, 6.45) is 4.60. The molecule has 0 bridgehead atoms. The summed E-state index contributed by atoms with van der Waals surface area (Å²) in [4.78, 5) is 0. The molecule has 1 aromatic rings. The molecule has 0 radical (unpaired) electrons. The van der Waals surface area contributed by atoms with E-state index in [2.05, 4.69) is 31.4 Å². The molecule has 0 aromatic heterocycles. The van der Waals surface area contributed by atoms with Crippen LogP contribution in [0.5, 0.6) is 0 Å². The Labute approximate surface area is 79.6 Å². The maximum Gasteiger partial charge on any atom is -0.00367 e. The first-order valence-electron chi connectivity index (χ1n) is 4.39. The first-order chi connectivity index (χ1) is 6.31. The maximum atomic E-state index is 5.48. The lowest BCUT2D eigenvalue weighted by atomic mass is 10.0. The second kappa shape index (κ2) is 4.63. The Morgan fingerprint density at radius 1 is 1.15 bits per heavy atom. The number of nitrogens with two attached hydrogens (primary N) is 1. The Bertz CT molecular complexity index is 313. The first-order valence-corrected chi connectivity index (χ1v) is 4.39. The smallest absolute Gasteiger partial charge is 0.00367 e. The average molecular weight is 173 g/mol. The Balaban J connectivity index is 3.05. The molecule has 0 aliphatic heterocycles. The molecular formula is C12H15N. The first kappa shape index (κ1) is 9.75. The van der Waals surface area contributed by atoms with Crippen molar-refractivity contribution in [2.75, 3.05) is 6.54 Å². The molecule has 0 spiro atoms. The largest absolute Gasteiger partial charge is 0.330 e. The van der Waals surface area contributed by atoms with Gasteiger partial charge >= 0.3 is 0 Å². The Morgan fingerprint density at radius 3 is 2.38 bits per heavy atom. The van der Waals surface area contributed by atoms with Crippen LogP contribution in [0.4, 0.5) is 0 Å². The predicted octanol–water partition coefficient (Wildman–Crippen LogP) is 2.47. The normalized spacial score (nSPS) is 9.62. The van der Waals surface area contributed by atoms with Crippen LogP contribution in [-0.4, -0.2) is 6.54 Å². The molecule has 0 amide bonds. The number of hydrogen-bond donors (Lipinski definition) is 1. The van der Waals surface area contributed by atoms with Crippen molar-refractivity contribution in [2.24, 2.45) is 5.73 Å². The summed E-state index contributed by atoms with van der Waals surface area (Å²) >= 11 is 0. The Morgan fingerprint density at radius 2 is 1.85 bits per heavy atom. The Hall–Kier alpha value is -1.34. The standard InChI is InChI=1S/C12H15N/c1-3-11-6-5-10(7-8-13)9-12(11)4-2/h3-6,9H,1-2,7-8,13H2. The van der Waals surface area contributed by atoms with Gasteiger partial charge in [-0.1, -0.05) is 43.5 Å². The molecule has 1 heteroatoms. The fourth-order valence-electron chi connectivity index (χ4n) is 1.31. The van der Waals surface area contributed by atoms with E-state index < -0.39 is 0 Å². The summed E-state index contributed by atoms with van der Waals surface area (Å²) < 4.78 is 0. The van der Waals surface area contributed by atoms with E-state index in [4.69, 9.17) is 5.73 Å². The van der Waals surface area contributed by atoms with Crippen LogP contribution < -0.4 is 5.73 Å². The summed E-state index contributed by atoms with van der Waals surface area (Å²) in [5.41, 5.74) is 8.98. The minimum absolute atomic E-state index is 0.685. The fraction of sp³-hybridized carbons (Fsp3) is 0.167. The van der Waals surface area contributed by atoms with Gasteiger partial charge in [0.1, 0.15) is 0 Å². The van der Waals surface area contributed by atoms with E-state index in [9.17, 15) is 0 Å². The van der Waals surface area contributed by atoms with Crippen molar-refractivity contribution in [3.63, 3.8) is 0 Å². The van der Waals surface area contributed by atoms with Gasteiger partial charge in [0.05, 0.1) is 0 Å². The second-order valence-electron chi connectivity index (χ2n) is 2.91. The average Bonchev–Trinajstić information content (AvgIpc) is 2.18. The van der Waals surface area contributed by atoms with Crippen molar-refractivity contribution < 1.29 is 0 Å². The monoisotopic (exact) mass is 173 g/mol. The van der Waals surface area contributed by atoms with Gasteiger partial charge in [0.25, 0.3) is 0 Å². The van der Waals surface area contributed by atoms with Gasteiger partial charge in [-0.3, -0.25) is 0 Å². The van der Waals surface area contributed by atoms with Gasteiger partial charge in [-0.2, -0.15) is 0 Å². The highest BCUT2D eigenvalue weighted by atomic mass is 14.5. The predicted molar refractivity (Wildman–Crippen MR) is 59.4 cm³/mol. The highest BCUT2D eigenvalue weighted by Gasteiger charge is 1.97. The zero-order chi connectivity index (χ0) is 9.68. The van der Waals surface area contributed by atoms with Gasteiger partial charge in [-0.25, -0.2) is 0 Å². The molecule has 0 atom stereocenters. The van der Waals surface area contributed by atoms with Crippen molar-refractivity contribution >= 4 is 12.2 Å². The lowest BCUT2D eigenvalue weighted by molar-refractivity contribution is 0.968. The van der Waals surface area contributed by atoms with E-state index in [1.54, 1.807) is 0 Å². The van der Waals surface area contributed by atoms with Gasteiger partial charge in [-0.15, -0.1) is 0 Å². The molecule has 0 aliphatic rings. The molecule has 0 aliphatic carbocycles. The summed E-state index contributed by atoms with van der Waals surface area (Å²) in [7, 11) is 0. The zero-order valence-corrected chi connectivity index (χ0v) is 7.79. The van der Waals surface area contributed by atoms with E-state index in [0.717, 1.165) is 17.5 Å². The van der Waals surface area contributed by atoms with Crippen LogP contribution in [0.2, 0.25) is 0 Å². The van der Waals surface area contributed by atoms with Crippen LogP contribution in [0.25, 0.3) is 12.2 Å². The van der Waals surface area contributed by atoms with Crippen LogP contribution in [-0.2, 0) is 6.42 Å². The molecule has 0 fully saturated rings. The third kappa shape index (κ3) is 2.30. The highest BCUT2D eigenvalue weighted by molar-refractivity contribution is 5.64. The Kier molecular flexibility index (Phi) is 3.47. The van der Waals surface area contributed by atoms with Gasteiger partial charge < -0.3 is 5.73 Å². The second-order valence-corrected chi connectivity index (χ2v) is 2.91. The molecule has 0 saturated carbocycles. The third-order valence-electron chi connectivity index (χ3n) is 2.02. The van der Waals surface area contributed by atoms with Crippen molar-refractivity contribution in [3.05, 3.63) is 48.0 Å². The van der Waals surface area contributed by atoms with Crippen LogP contribution in [0.1, 0.15) is 16.7 Å². The molecule has 0 unspecified atom stereocenters. The van der Waals surface area contributed by atoms with Crippen LogP contribution in [0, 0.1) is 0 Å². The SMILES string of the molecule is C=Cc1ccc(CCN)cc1C=C. The molecule has 13 heavy (non-hydrogen) atoms. The molecule has 1 rings (SSSR count). The fourth-order valence-corrected chi connectivity index (χ4v) is 1.31. The molecule has 1 aromatic carbocycles. The van der Waals surface area contributed by atoms with E-state index in [0.29, 0.717) is 6.54 Å². The molecule has 2 N–H and O–H groups in total. The molecule has 0 saturated heterocycles. The van der Waals surface area contributed by atoms with Crippen molar-refractivity contribution in [2.45, 2.75) is 6.42 Å². The van der Waals surface area contributed by atoms with Crippen molar-refractivity contribution in [3.8, 4) is 0 Å². The third-order valence-corrected chi connectivity index (χ3v) is 2.02. The lowest BCUT2D eigenvalue weighted by Gasteiger charge is -2.04. The quantitative estimate of drug-likeness (QED) is 0.743. The molecule has 0 heterocycles. The summed E-state index contributed by atoms with van der Waals surface area (Å²) in [6.45, 7) is 8.19. The van der Waals surface area contributed by atoms with Crippen molar-refractivity contribution in [1.82, 2.24) is 0 Å². The lowest BCUT2D eigenvalue weighted by Crippen LogP contribution is -2.02. The van der Waals surface area contributed by atoms with Crippen LogP contribution in [0.3, 0.4) is 0 Å². The summed E-state index contributed by atoms with van der Waals surface area (Å²) in [5.74, 6) is 0. The van der Waals surface area contributed by atoms with E-state index in [1.807, 2.05) is 12.2 Å². The number of benzene rings is 1. The van der Waals surface area contributed by atoms with Gasteiger partial charge in [-0.05, 0) is 29.7 Å². The van der Waals surface area contributed by atoms with E-state index in [-0.39, 0.29) is 0 Å². The zero-order valence-electron chi connectivity index (χ0n) is 7.79. The van der Waals surface area contributed by atoms with Crippen molar-refractivity contribution in [1.29, 1.82) is 0 Å². The van der Waals surface area contributed by atoms with Gasteiger partial charge in [0, 0.05) is 0 Å². The van der Waals surface area contributed by atoms with Gasteiger partial charge in [0.15, 0.2) is 0 Å². The minimum Gasteiger partial charge on any atom is -0.330 e. The van der Waals surface area contributed by atoms with Crippen LogP contribution >= 0.6 is 0 Å². The van der Waals surface area contributed by atoms with E-state index >= 15 is 0 Å². The topological polar surface area (TPSA) is 26.0 Å². The highest BCUT2D eigenvalue weighted by Crippen LogP contribution is 2.14. The van der Waals surface area contributed by atoms with Crippen LogP contribution in [0.15, 0.2) is 31.4 Å². The molecule has 68 valence electrons. The van der Waals surface area contributed by atoms with Gasteiger partial charge in [0.2, 0.25) is 0 Å². The molecular weight excluding hydrogens is 158 g/mol. The van der Waals surface area contributed by atoms with E-state index in [1.165, 1.54) is 5.56 Å². The number of hydrogen-bond acceptors (Lipinski definition) is 1. The maximum absolute atomic E-state index is 5.48.